The number of carbonyl (C=O) groups excluding carboxylic acids is 1. The highest BCUT2D eigenvalue weighted by Gasteiger charge is 2.31. The maximum absolute atomic E-state index is 13.4. The molecular weight excluding hydrogens is 355 g/mol. The van der Waals surface area contributed by atoms with Crippen molar-refractivity contribution >= 4 is 28.9 Å². The van der Waals surface area contributed by atoms with Gasteiger partial charge in [-0.3, -0.25) is 4.79 Å². The van der Waals surface area contributed by atoms with Gasteiger partial charge in [0, 0.05) is 0 Å². The second-order valence-electron chi connectivity index (χ2n) is 4.69. The Balaban J connectivity index is 2.08. The van der Waals surface area contributed by atoms with Gasteiger partial charge < -0.3 is 10.6 Å². The highest BCUT2D eigenvalue weighted by molar-refractivity contribution is 6.33. The van der Waals surface area contributed by atoms with Crippen LogP contribution in [0.25, 0.3) is 0 Å². The number of benzene rings is 2. The van der Waals surface area contributed by atoms with Gasteiger partial charge in [-0.05, 0) is 30.3 Å². The van der Waals surface area contributed by atoms with Gasteiger partial charge in [-0.2, -0.15) is 13.2 Å². The number of carbonyl (C=O) groups is 1. The van der Waals surface area contributed by atoms with Crippen molar-refractivity contribution in [3.05, 3.63) is 58.6 Å². The number of amides is 1. The van der Waals surface area contributed by atoms with Gasteiger partial charge in [0.15, 0.2) is 0 Å². The number of alkyl halides is 3. The number of anilines is 2. The average Bonchev–Trinajstić information content (AvgIpc) is 2.48. The molecule has 0 bridgehead atoms. The molecule has 0 aliphatic rings. The largest absolute Gasteiger partial charge is 0.416 e. The first-order chi connectivity index (χ1) is 11.2. The van der Waals surface area contributed by atoms with E-state index in [9.17, 15) is 26.7 Å². The van der Waals surface area contributed by atoms with Crippen LogP contribution in [-0.4, -0.2) is 12.5 Å². The Morgan fingerprint density at radius 3 is 2.29 bits per heavy atom. The summed E-state index contributed by atoms with van der Waals surface area (Å²) < 4.78 is 64.7. The highest BCUT2D eigenvalue weighted by Crippen LogP contribution is 2.33. The number of hydrogen-bond donors (Lipinski definition) is 2. The van der Waals surface area contributed by atoms with Crippen LogP contribution >= 0.6 is 11.6 Å². The molecule has 0 aliphatic heterocycles. The third kappa shape index (κ3) is 4.35. The lowest BCUT2D eigenvalue weighted by molar-refractivity contribution is -0.137. The number of hydrogen-bond acceptors (Lipinski definition) is 2. The van der Waals surface area contributed by atoms with Gasteiger partial charge in [0.2, 0.25) is 5.91 Å². The minimum atomic E-state index is -4.60. The van der Waals surface area contributed by atoms with Gasteiger partial charge in [0.25, 0.3) is 0 Å². The molecule has 0 spiro atoms. The zero-order valence-corrected chi connectivity index (χ0v) is 12.6. The van der Waals surface area contributed by atoms with Crippen molar-refractivity contribution in [3.8, 4) is 0 Å². The first-order valence-electron chi connectivity index (χ1n) is 6.53. The molecule has 0 aromatic heterocycles. The minimum Gasteiger partial charge on any atom is -0.371 e. The van der Waals surface area contributed by atoms with Crippen molar-refractivity contribution in [2.45, 2.75) is 6.18 Å². The molecule has 3 nitrogen and oxygen atoms in total. The summed E-state index contributed by atoms with van der Waals surface area (Å²) in [5, 5.41) is 4.29. The SMILES string of the molecule is O=C(CNc1c(F)cccc1F)Nc1cc(C(F)(F)F)ccc1Cl. The number of halogens is 6. The van der Waals surface area contributed by atoms with Crippen LogP contribution in [0.5, 0.6) is 0 Å². The molecule has 9 heteroatoms. The summed E-state index contributed by atoms with van der Waals surface area (Å²) in [4.78, 5) is 11.8. The molecular formula is C15H10ClF5N2O. The van der Waals surface area contributed by atoms with Crippen LogP contribution in [0.3, 0.4) is 0 Å². The smallest absolute Gasteiger partial charge is 0.371 e. The van der Waals surface area contributed by atoms with Crippen molar-refractivity contribution in [2.75, 3.05) is 17.2 Å². The molecule has 1 amide bonds. The Bertz CT molecular complexity index is 744. The second kappa shape index (κ2) is 7.04. The first-order valence-corrected chi connectivity index (χ1v) is 6.91. The van der Waals surface area contributed by atoms with Crippen molar-refractivity contribution in [1.82, 2.24) is 0 Å². The van der Waals surface area contributed by atoms with Crippen LogP contribution < -0.4 is 10.6 Å². The monoisotopic (exact) mass is 364 g/mol. The summed E-state index contributed by atoms with van der Waals surface area (Å²) in [6, 6.07) is 5.57. The average molecular weight is 365 g/mol. The molecule has 0 radical (unpaired) electrons. The van der Waals surface area contributed by atoms with Crippen LogP contribution in [0, 0.1) is 11.6 Å². The molecule has 2 aromatic carbocycles. The molecule has 2 rings (SSSR count). The lowest BCUT2D eigenvalue weighted by atomic mass is 10.2. The fraction of sp³-hybridized carbons (Fsp3) is 0.133. The van der Waals surface area contributed by atoms with Gasteiger partial charge in [0.1, 0.15) is 17.3 Å². The van der Waals surface area contributed by atoms with Crippen LogP contribution in [0.2, 0.25) is 5.02 Å². The summed E-state index contributed by atoms with van der Waals surface area (Å²) in [6.07, 6.45) is -4.60. The second-order valence-corrected chi connectivity index (χ2v) is 5.10. The van der Waals surface area contributed by atoms with E-state index < -0.39 is 41.5 Å². The van der Waals surface area contributed by atoms with Gasteiger partial charge >= 0.3 is 6.18 Å². The van der Waals surface area contributed by atoms with Crippen molar-refractivity contribution < 1.29 is 26.7 Å². The molecule has 128 valence electrons. The summed E-state index contributed by atoms with van der Waals surface area (Å²) in [5.74, 6) is -2.63. The van der Waals surface area contributed by atoms with Crippen LogP contribution in [0.4, 0.5) is 33.3 Å². The molecule has 0 heterocycles. The molecule has 24 heavy (non-hydrogen) atoms. The zero-order valence-electron chi connectivity index (χ0n) is 11.8. The highest BCUT2D eigenvalue weighted by atomic mass is 35.5. The third-order valence-electron chi connectivity index (χ3n) is 2.96. The fourth-order valence-electron chi connectivity index (χ4n) is 1.83. The molecule has 0 saturated heterocycles. The minimum absolute atomic E-state index is 0.103. The van der Waals surface area contributed by atoms with E-state index in [1.807, 2.05) is 0 Å². The number of rotatable bonds is 4. The lowest BCUT2D eigenvalue weighted by Crippen LogP contribution is -2.23. The van der Waals surface area contributed by atoms with E-state index in [4.69, 9.17) is 11.6 Å². The molecule has 0 saturated carbocycles. The summed E-state index contributed by atoms with van der Waals surface area (Å²) in [5.41, 5.74) is -1.76. The topological polar surface area (TPSA) is 41.1 Å². The third-order valence-corrected chi connectivity index (χ3v) is 3.29. The van der Waals surface area contributed by atoms with E-state index in [1.54, 1.807) is 0 Å². The summed E-state index contributed by atoms with van der Waals surface area (Å²) >= 11 is 5.74. The fourth-order valence-corrected chi connectivity index (χ4v) is 1.99. The lowest BCUT2D eigenvalue weighted by Gasteiger charge is -2.12. The predicted octanol–water partition coefficient (Wildman–Crippen LogP) is 4.69. The Morgan fingerprint density at radius 2 is 1.71 bits per heavy atom. The molecule has 2 aromatic rings. The van der Waals surface area contributed by atoms with Gasteiger partial charge in [-0.25, -0.2) is 8.78 Å². The normalized spacial score (nSPS) is 11.2. The van der Waals surface area contributed by atoms with Gasteiger partial charge in [-0.1, -0.05) is 17.7 Å². The van der Waals surface area contributed by atoms with Crippen LogP contribution in [0.15, 0.2) is 36.4 Å². The number of para-hydroxylation sites is 1. The molecule has 0 unspecified atom stereocenters. The van der Waals surface area contributed by atoms with Crippen LogP contribution in [-0.2, 0) is 11.0 Å². The van der Waals surface area contributed by atoms with Crippen molar-refractivity contribution in [2.24, 2.45) is 0 Å². The summed E-state index contributed by atoms with van der Waals surface area (Å²) in [7, 11) is 0. The Labute approximate surface area is 138 Å². The molecule has 0 atom stereocenters. The maximum Gasteiger partial charge on any atom is 0.416 e. The summed E-state index contributed by atoms with van der Waals surface area (Å²) in [6.45, 7) is -0.565. The van der Waals surface area contributed by atoms with E-state index in [2.05, 4.69) is 10.6 Å². The van der Waals surface area contributed by atoms with Gasteiger partial charge in [0.05, 0.1) is 22.8 Å². The van der Waals surface area contributed by atoms with Crippen molar-refractivity contribution in [1.29, 1.82) is 0 Å². The quantitative estimate of drug-likeness (QED) is 0.773. The number of nitrogens with one attached hydrogen (secondary N) is 2. The predicted molar refractivity (Wildman–Crippen MR) is 79.9 cm³/mol. The maximum atomic E-state index is 13.4. The van der Waals surface area contributed by atoms with Gasteiger partial charge in [-0.15, -0.1) is 0 Å². The van der Waals surface area contributed by atoms with E-state index >= 15 is 0 Å². The van der Waals surface area contributed by atoms with Crippen LogP contribution in [0.1, 0.15) is 5.56 Å². The van der Waals surface area contributed by atoms with Crippen molar-refractivity contribution in [3.63, 3.8) is 0 Å². The van der Waals surface area contributed by atoms with E-state index in [1.165, 1.54) is 0 Å². The van der Waals surface area contributed by atoms with E-state index in [0.717, 1.165) is 30.3 Å². The first kappa shape index (κ1) is 18.0. The van der Waals surface area contributed by atoms with E-state index in [-0.39, 0.29) is 10.7 Å². The molecule has 0 aliphatic carbocycles. The molecule has 0 fully saturated rings. The Morgan fingerprint density at radius 1 is 1.08 bits per heavy atom. The standard InChI is InChI=1S/C15H10ClF5N2O/c16-9-5-4-8(15(19,20)21)6-12(9)23-13(24)7-22-14-10(17)2-1-3-11(14)18/h1-6,22H,7H2,(H,23,24). The Kier molecular flexibility index (Phi) is 5.28. The Hall–Kier alpha value is -2.35. The molecule has 2 N–H and O–H groups in total. The zero-order chi connectivity index (χ0) is 17.9. The van der Waals surface area contributed by atoms with E-state index in [0.29, 0.717) is 6.07 Å².